The first-order chi connectivity index (χ1) is 12.2. The van der Waals surface area contributed by atoms with Crippen molar-refractivity contribution < 1.29 is 9.59 Å². The van der Waals surface area contributed by atoms with Crippen molar-refractivity contribution in [2.75, 3.05) is 11.1 Å². The van der Waals surface area contributed by atoms with E-state index in [1.807, 2.05) is 35.7 Å². The summed E-state index contributed by atoms with van der Waals surface area (Å²) in [6.45, 7) is 1.96. The standard InChI is InChI=1S/C19H19N3O2S/c1-2-5-18(24)21-15-9-7-14(8-10-15)17(23)13-25-19-20-12-16-6-3-4-11-22(16)19/h3-4,6-12H,2,5,13H2,1H3,(H,21,24). The van der Waals surface area contributed by atoms with Gasteiger partial charge in [0.1, 0.15) is 0 Å². The van der Waals surface area contributed by atoms with Crippen LogP contribution in [0.15, 0.2) is 60.0 Å². The molecule has 2 heterocycles. The van der Waals surface area contributed by atoms with Gasteiger partial charge in [-0.15, -0.1) is 0 Å². The Balaban J connectivity index is 1.60. The zero-order valence-electron chi connectivity index (χ0n) is 13.9. The Bertz CT molecular complexity index is 887. The van der Waals surface area contributed by atoms with Crippen molar-refractivity contribution in [3.05, 3.63) is 60.4 Å². The number of nitrogens with zero attached hydrogens (tertiary/aromatic N) is 2. The lowest BCUT2D eigenvalue weighted by atomic mass is 10.1. The molecule has 2 aromatic heterocycles. The molecule has 25 heavy (non-hydrogen) atoms. The fourth-order valence-electron chi connectivity index (χ4n) is 2.43. The third-order valence-electron chi connectivity index (χ3n) is 3.70. The minimum absolute atomic E-state index is 0.0108. The fraction of sp³-hybridized carbons (Fsp3) is 0.211. The first-order valence-corrected chi connectivity index (χ1v) is 9.14. The number of aromatic nitrogens is 2. The summed E-state index contributed by atoms with van der Waals surface area (Å²) in [6.07, 6.45) is 5.03. The minimum Gasteiger partial charge on any atom is -0.326 e. The Labute approximate surface area is 150 Å². The first kappa shape index (κ1) is 17.2. The van der Waals surface area contributed by atoms with Gasteiger partial charge in [-0.2, -0.15) is 0 Å². The van der Waals surface area contributed by atoms with Crippen molar-refractivity contribution in [2.24, 2.45) is 0 Å². The van der Waals surface area contributed by atoms with E-state index in [9.17, 15) is 9.59 Å². The molecule has 1 aromatic carbocycles. The molecule has 1 N–H and O–H groups in total. The van der Waals surface area contributed by atoms with Crippen LogP contribution >= 0.6 is 11.8 Å². The number of nitrogens with one attached hydrogen (secondary N) is 1. The minimum atomic E-state index is -0.0108. The number of pyridine rings is 1. The number of thioether (sulfide) groups is 1. The number of imidazole rings is 1. The summed E-state index contributed by atoms with van der Waals surface area (Å²) in [5.41, 5.74) is 2.34. The average molecular weight is 353 g/mol. The summed E-state index contributed by atoms with van der Waals surface area (Å²) in [5.74, 6) is 0.336. The van der Waals surface area contributed by atoms with Crippen molar-refractivity contribution in [2.45, 2.75) is 24.9 Å². The second-order valence-corrected chi connectivity index (χ2v) is 6.57. The molecule has 0 fully saturated rings. The number of benzene rings is 1. The lowest BCUT2D eigenvalue weighted by Gasteiger charge is -2.06. The number of ketones is 1. The zero-order chi connectivity index (χ0) is 17.6. The highest BCUT2D eigenvalue weighted by molar-refractivity contribution is 7.99. The number of carbonyl (C=O) groups excluding carboxylic acids is 2. The molecule has 6 heteroatoms. The van der Waals surface area contributed by atoms with Crippen LogP contribution in [0.5, 0.6) is 0 Å². The number of hydrogen-bond donors (Lipinski definition) is 1. The molecular weight excluding hydrogens is 334 g/mol. The van der Waals surface area contributed by atoms with Gasteiger partial charge in [0.05, 0.1) is 17.5 Å². The maximum absolute atomic E-state index is 12.4. The van der Waals surface area contributed by atoms with Crippen LogP contribution in [-0.2, 0) is 4.79 Å². The largest absolute Gasteiger partial charge is 0.326 e. The lowest BCUT2D eigenvalue weighted by molar-refractivity contribution is -0.116. The Kier molecular flexibility index (Phi) is 5.50. The molecule has 0 aliphatic heterocycles. The maximum Gasteiger partial charge on any atom is 0.224 e. The van der Waals surface area contributed by atoms with Gasteiger partial charge in [0.25, 0.3) is 0 Å². The van der Waals surface area contributed by atoms with Crippen molar-refractivity contribution >= 4 is 34.7 Å². The number of amides is 1. The molecule has 3 rings (SSSR count). The highest BCUT2D eigenvalue weighted by atomic mass is 32.2. The van der Waals surface area contributed by atoms with E-state index in [2.05, 4.69) is 10.3 Å². The van der Waals surface area contributed by atoms with Gasteiger partial charge in [0, 0.05) is 23.9 Å². The summed E-state index contributed by atoms with van der Waals surface area (Å²) >= 11 is 1.41. The summed E-state index contributed by atoms with van der Waals surface area (Å²) < 4.78 is 1.96. The first-order valence-electron chi connectivity index (χ1n) is 8.15. The van der Waals surface area contributed by atoms with Gasteiger partial charge in [-0.05, 0) is 42.8 Å². The average Bonchev–Trinajstić information content (AvgIpc) is 3.04. The summed E-state index contributed by atoms with van der Waals surface area (Å²) in [5, 5.41) is 3.61. The van der Waals surface area contributed by atoms with Crippen LogP contribution in [0.25, 0.3) is 5.52 Å². The van der Waals surface area contributed by atoms with Gasteiger partial charge < -0.3 is 5.32 Å². The highest BCUT2D eigenvalue weighted by Crippen LogP contribution is 2.20. The Morgan fingerprint density at radius 3 is 2.72 bits per heavy atom. The van der Waals surface area contributed by atoms with Crippen LogP contribution in [0.2, 0.25) is 0 Å². The van der Waals surface area contributed by atoms with Gasteiger partial charge in [-0.3, -0.25) is 14.0 Å². The number of carbonyl (C=O) groups is 2. The quantitative estimate of drug-likeness (QED) is 0.514. The number of fused-ring (bicyclic) bond motifs is 1. The number of anilines is 1. The molecule has 0 aliphatic carbocycles. The van der Waals surface area contributed by atoms with Crippen LogP contribution in [0.3, 0.4) is 0 Å². The SMILES string of the molecule is CCCC(=O)Nc1ccc(C(=O)CSc2ncc3ccccn23)cc1. The van der Waals surface area contributed by atoms with Gasteiger partial charge in [-0.25, -0.2) is 4.98 Å². The fourth-order valence-corrected chi connectivity index (χ4v) is 3.29. The molecule has 0 saturated carbocycles. The predicted octanol–water partition coefficient (Wildman–Crippen LogP) is 4.05. The van der Waals surface area contributed by atoms with E-state index < -0.39 is 0 Å². The van der Waals surface area contributed by atoms with E-state index in [1.54, 1.807) is 30.5 Å². The molecule has 0 spiro atoms. The van der Waals surface area contributed by atoms with Gasteiger partial charge >= 0.3 is 0 Å². The number of Topliss-reactive ketones (excluding diaryl/α,β-unsaturated/α-hetero) is 1. The molecule has 0 aliphatic rings. The Morgan fingerprint density at radius 1 is 1.16 bits per heavy atom. The molecule has 128 valence electrons. The summed E-state index contributed by atoms with van der Waals surface area (Å²) in [7, 11) is 0. The van der Waals surface area contributed by atoms with E-state index in [-0.39, 0.29) is 11.7 Å². The molecule has 0 radical (unpaired) electrons. The molecule has 0 saturated heterocycles. The maximum atomic E-state index is 12.4. The number of rotatable bonds is 7. The van der Waals surface area contributed by atoms with Gasteiger partial charge in [-0.1, -0.05) is 24.8 Å². The van der Waals surface area contributed by atoms with E-state index in [1.165, 1.54) is 11.8 Å². The van der Waals surface area contributed by atoms with Crippen LogP contribution < -0.4 is 5.32 Å². The lowest BCUT2D eigenvalue weighted by Crippen LogP contribution is -2.11. The van der Waals surface area contributed by atoms with E-state index in [0.717, 1.165) is 17.1 Å². The zero-order valence-corrected chi connectivity index (χ0v) is 14.8. The van der Waals surface area contributed by atoms with Crippen LogP contribution in [-0.4, -0.2) is 26.8 Å². The Hall–Kier alpha value is -2.60. The molecule has 5 nitrogen and oxygen atoms in total. The molecule has 1 amide bonds. The van der Waals surface area contributed by atoms with Crippen LogP contribution in [0.4, 0.5) is 5.69 Å². The molecular formula is C19H19N3O2S. The molecule has 3 aromatic rings. The van der Waals surface area contributed by atoms with Gasteiger partial charge in [0.15, 0.2) is 10.9 Å². The van der Waals surface area contributed by atoms with Crippen molar-refractivity contribution in [3.8, 4) is 0 Å². The van der Waals surface area contributed by atoms with E-state index in [0.29, 0.717) is 23.4 Å². The Morgan fingerprint density at radius 2 is 1.96 bits per heavy atom. The number of hydrogen-bond acceptors (Lipinski definition) is 4. The van der Waals surface area contributed by atoms with Crippen molar-refractivity contribution in [1.29, 1.82) is 0 Å². The molecule has 0 unspecified atom stereocenters. The van der Waals surface area contributed by atoms with Gasteiger partial charge in [0.2, 0.25) is 5.91 Å². The third kappa shape index (κ3) is 4.28. The second kappa shape index (κ2) is 7.98. The molecule has 0 bridgehead atoms. The highest BCUT2D eigenvalue weighted by Gasteiger charge is 2.10. The normalized spacial score (nSPS) is 10.8. The summed E-state index contributed by atoms with van der Waals surface area (Å²) in [6, 6.07) is 12.9. The second-order valence-electron chi connectivity index (χ2n) is 5.62. The van der Waals surface area contributed by atoms with E-state index >= 15 is 0 Å². The van der Waals surface area contributed by atoms with Crippen LogP contribution in [0, 0.1) is 0 Å². The van der Waals surface area contributed by atoms with E-state index in [4.69, 9.17) is 0 Å². The monoisotopic (exact) mass is 353 g/mol. The van der Waals surface area contributed by atoms with Crippen LogP contribution in [0.1, 0.15) is 30.1 Å². The molecule has 0 atom stereocenters. The predicted molar refractivity (Wildman–Crippen MR) is 100 cm³/mol. The topological polar surface area (TPSA) is 63.5 Å². The van der Waals surface area contributed by atoms with Crippen molar-refractivity contribution in [3.63, 3.8) is 0 Å². The summed E-state index contributed by atoms with van der Waals surface area (Å²) in [4.78, 5) is 28.3. The smallest absolute Gasteiger partial charge is 0.224 e. The van der Waals surface area contributed by atoms with Crippen molar-refractivity contribution in [1.82, 2.24) is 9.38 Å². The third-order valence-corrected chi connectivity index (χ3v) is 4.67.